The molecule has 1 aromatic carbocycles. The van der Waals surface area contributed by atoms with Crippen molar-refractivity contribution in [3.05, 3.63) is 35.4 Å². The summed E-state index contributed by atoms with van der Waals surface area (Å²) in [5.41, 5.74) is 0.970. The molecule has 0 aliphatic rings. The lowest BCUT2D eigenvalue weighted by molar-refractivity contribution is -0.148. The zero-order chi connectivity index (χ0) is 19.7. The van der Waals surface area contributed by atoms with Crippen LogP contribution in [-0.4, -0.2) is 36.1 Å². The first-order valence-electron chi connectivity index (χ1n) is 8.83. The second-order valence-corrected chi connectivity index (χ2v) is 7.25. The van der Waals surface area contributed by atoms with Gasteiger partial charge >= 0.3 is 12.1 Å². The molecule has 0 aliphatic carbocycles. The summed E-state index contributed by atoms with van der Waals surface area (Å²) in [7, 11) is 0. The molecule has 0 aromatic heterocycles. The van der Waals surface area contributed by atoms with Crippen molar-refractivity contribution in [3.8, 4) is 0 Å². The molecule has 1 rings (SSSR count). The molecule has 1 N–H and O–H groups in total. The maximum Gasteiger partial charge on any atom is 0.407 e. The predicted octanol–water partition coefficient (Wildman–Crippen LogP) is 3.67. The second kappa shape index (κ2) is 9.94. The van der Waals surface area contributed by atoms with Crippen LogP contribution in [0.2, 0.25) is 0 Å². The van der Waals surface area contributed by atoms with Gasteiger partial charge < -0.3 is 14.8 Å². The average molecular weight is 363 g/mol. The van der Waals surface area contributed by atoms with Gasteiger partial charge in [0.25, 0.3) is 0 Å². The van der Waals surface area contributed by atoms with Crippen LogP contribution in [0, 0.1) is 0 Å². The lowest BCUT2D eigenvalue weighted by Crippen LogP contribution is -2.33. The molecule has 0 saturated heterocycles. The number of alkyl carbamates (subject to hydrolysis) is 1. The standard InChI is InChI=1S/C20H29NO5/c1-14(13-16-9-6-7-10-17(16)15(2)22)25-18(23)11-8-12-21-19(24)26-20(3,4)5/h6-7,9-10,14H,8,11-13H2,1-5H3,(H,21,24). The van der Waals surface area contributed by atoms with E-state index in [0.717, 1.165) is 5.56 Å². The molecule has 0 spiro atoms. The fraction of sp³-hybridized carbons (Fsp3) is 0.550. The molecule has 1 unspecified atom stereocenters. The minimum absolute atomic E-state index is 0.00709. The molecule has 144 valence electrons. The summed E-state index contributed by atoms with van der Waals surface area (Å²) in [6, 6.07) is 7.31. The Morgan fingerprint density at radius 2 is 1.81 bits per heavy atom. The van der Waals surface area contributed by atoms with Gasteiger partial charge in [0.2, 0.25) is 0 Å². The Morgan fingerprint density at radius 1 is 1.15 bits per heavy atom. The first-order valence-corrected chi connectivity index (χ1v) is 8.83. The monoisotopic (exact) mass is 363 g/mol. The maximum absolute atomic E-state index is 11.9. The topological polar surface area (TPSA) is 81.7 Å². The first-order chi connectivity index (χ1) is 12.1. The number of Topliss-reactive ketones (excluding diaryl/α,β-unsaturated/α-hetero) is 1. The van der Waals surface area contributed by atoms with E-state index in [4.69, 9.17) is 9.47 Å². The van der Waals surface area contributed by atoms with E-state index in [1.807, 2.05) is 18.2 Å². The zero-order valence-corrected chi connectivity index (χ0v) is 16.3. The zero-order valence-electron chi connectivity index (χ0n) is 16.3. The fourth-order valence-electron chi connectivity index (χ4n) is 2.41. The van der Waals surface area contributed by atoms with Gasteiger partial charge in [0.1, 0.15) is 11.7 Å². The van der Waals surface area contributed by atoms with E-state index >= 15 is 0 Å². The first kappa shape index (κ1) is 21.7. The molecule has 1 amide bonds. The Kier molecular flexibility index (Phi) is 8.29. The fourth-order valence-corrected chi connectivity index (χ4v) is 2.41. The Bertz CT molecular complexity index is 633. The molecule has 0 fully saturated rings. The van der Waals surface area contributed by atoms with Crippen molar-refractivity contribution < 1.29 is 23.9 Å². The van der Waals surface area contributed by atoms with Crippen molar-refractivity contribution in [3.63, 3.8) is 0 Å². The third kappa shape index (κ3) is 8.65. The van der Waals surface area contributed by atoms with E-state index in [0.29, 0.717) is 24.9 Å². The van der Waals surface area contributed by atoms with E-state index in [9.17, 15) is 14.4 Å². The van der Waals surface area contributed by atoms with Crippen molar-refractivity contribution in [1.29, 1.82) is 0 Å². The van der Waals surface area contributed by atoms with Crippen molar-refractivity contribution in [1.82, 2.24) is 5.32 Å². The number of benzene rings is 1. The van der Waals surface area contributed by atoms with E-state index < -0.39 is 11.7 Å². The molecule has 0 saturated carbocycles. The highest BCUT2D eigenvalue weighted by Crippen LogP contribution is 2.14. The summed E-state index contributed by atoms with van der Waals surface area (Å²) in [6.07, 6.45) is 0.322. The smallest absolute Gasteiger partial charge is 0.407 e. The van der Waals surface area contributed by atoms with E-state index in [-0.39, 0.29) is 24.3 Å². The predicted molar refractivity (Wildman–Crippen MR) is 99.2 cm³/mol. The second-order valence-electron chi connectivity index (χ2n) is 7.25. The molecule has 6 heteroatoms. The number of hydrogen-bond donors (Lipinski definition) is 1. The number of ether oxygens (including phenoxy) is 2. The van der Waals surface area contributed by atoms with Gasteiger partial charge in [0.15, 0.2) is 5.78 Å². The van der Waals surface area contributed by atoms with Gasteiger partial charge in [0, 0.05) is 24.9 Å². The molecule has 6 nitrogen and oxygen atoms in total. The Hall–Kier alpha value is -2.37. The van der Waals surface area contributed by atoms with Gasteiger partial charge in [-0.05, 0) is 46.6 Å². The Morgan fingerprint density at radius 3 is 2.42 bits per heavy atom. The summed E-state index contributed by atoms with van der Waals surface area (Å²) in [4.78, 5) is 35.0. The van der Waals surface area contributed by atoms with Gasteiger partial charge in [-0.25, -0.2) is 4.79 Å². The summed E-state index contributed by atoms with van der Waals surface area (Å²) in [6.45, 7) is 9.02. The van der Waals surface area contributed by atoms with Gasteiger partial charge in [-0.3, -0.25) is 9.59 Å². The molecule has 0 radical (unpaired) electrons. The molecule has 1 atom stereocenters. The van der Waals surface area contributed by atoms with Crippen LogP contribution in [0.4, 0.5) is 4.79 Å². The molecule has 0 aliphatic heterocycles. The van der Waals surface area contributed by atoms with Crippen LogP contribution in [0.15, 0.2) is 24.3 Å². The molecule has 0 bridgehead atoms. The Balaban J connectivity index is 2.33. The van der Waals surface area contributed by atoms with E-state index in [1.165, 1.54) is 6.92 Å². The third-order valence-electron chi connectivity index (χ3n) is 3.46. The third-order valence-corrected chi connectivity index (χ3v) is 3.46. The van der Waals surface area contributed by atoms with Gasteiger partial charge in [-0.1, -0.05) is 24.3 Å². The molecule has 26 heavy (non-hydrogen) atoms. The van der Waals surface area contributed by atoms with Crippen LogP contribution in [0.5, 0.6) is 0 Å². The largest absolute Gasteiger partial charge is 0.462 e. The number of rotatable bonds is 8. The van der Waals surface area contributed by atoms with Gasteiger partial charge in [-0.15, -0.1) is 0 Å². The summed E-state index contributed by atoms with van der Waals surface area (Å²) >= 11 is 0. The van der Waals surface area contributed by atoms with Gasteiger partial charge in [-0.2, -0.15) is 0 Å². The van der Waals surface area contributed by atoms with Crippen LogP contribution in [0.25, 0.3) is 0 Å². The normalized spacial score (nSPS) is 12.2. The van der Waals surface area contributed by atoms with Crippen molar-refractivity contribution >= 4 is 17.8 Å². The summed E-state index contributed by atoms with van der Waals surface area (Å²) < 4.78 is 10.5. The number of hydrogen-bond acceptors (Lipinski definition) is 5. The molecular formula is C20H29NO5. The average Bonchev–Trinajstić information content (AvgIpc) is 2.50. The summed E-state index contributed by atoms with van der Waals surface area (Å²) in [5.74, 6) is -0.337. The highest BCUT2D eigenvalue weighted by atomic mass is 16.6. The van der Waals surface area contributed by atoms with E-state index in [1.54, 1.807) is 33.8 Å². The quantitative estimate of drug-likeness (QED) is 0.433. The number of amides is 1. The van der Waals surface area contributed by atoms with Gasteiger partial charge in [0.05, 0.1) is 0 Å². The highest BCUT2D eigenvalue weighted by molar-refractivity contribution is 5.95. The minimum atomic E-state index is -0.547. The van der Waals surface area contributed by atoms with Crippen molar-refractivity contribution in [2.24, 2.45) is 0 Å². The van der Waals surface area contributed by atoms with Crippen LogP contribution in [-0.2, 0) is 20.7 Å². The minimum Gasteiger partial charge on any atom is -0.462 e. The number of carbonyl (C=O) groups is 3. The lowest BCUT2D eigenvalue weighted by Gasteiger charge is -2.19. The van der Waals surface area contributed by atoms with Crippen LogP contribution in [0.3, 0.4) is 0 Å². The highest BCUT2D eigenvalue weighted by Gasteiger charge is 2.16. The SMILES string of the molecule is CC(=O)c1ccccc1CC(C)OC(=O)CCCNC(=O)OC(C)(C)C. The number of carbonyl (C=O) groups excluding carboxylic acids is 3. The summed E-state index contributed by atoms with van der Waals surface area (Å²) in [5, 5.41) is 2.60. The number of esters is 1. The number of nitrogens with one attached hydrogen (secondary N) is 1. The van der Waals surface area contributed by atoms with E-state index in [2.05, 4.69) is 5.32 Å². The lowest BCUT2D eigenvalue weighted by atomic mass is 10.00. The molecular weight excluding hydrogens is 334 g/mol. The van der Waals surface area contributed by atoms with Crippen LogP contribution < -0.4 is 5.32 Å². The molecule has 0 heterocycles. The molecule has 1 aromatic rings. The number of ketones is 1. The maximum atomic E-state index is 11.9. The van der Waals surface area contributed by atoms with Crippen LogP contribution >= 0.6 is 0 Å². The van der Waals surface area contributed by atoms with Crippen LogP contribution in [0.1, 0.15) is 63.4 Å². The Labute approximate surface area is 155 Å². The van der Waals surface area contributed by atoms with Crippen molar-refractivity contribution in [2.45, 2.75) is 65.6 Å². The van der Waals surface area contributed by atoms with Crippen molar-refractivity contribution in [2.75, 3.05) is 6.54 Å².